The second-order valence-corrected chi connectivity index (χ2v) is 11.2. The van der Waals surface area contributed by atoms with Gasteiger partial charge >= 0.3 is 0 Å². The third-order valence-electron chi connectivity index (χ3n) is 7.72. The molecule has 0 radical (unpaired) electrons. The molecule has 0 fully saturated rings. The summed E-state index contributed by atoms with van der Waals surface area (Å²) >= 11 is 0. The van der Waals surface area contributed by atoms with Crippen LogP contribution >= 0.6 is 0 Å². The van der Waals surface area contributed by atoms with Crippen LogP contribution in [-0.4, -0.2) is 15.0 Å². The first kappa shape index (κ1) is 30.4. The summed E-state index contributed by atoms with van der Waals surface area (Å²) in [5.41, 5.74) is 5.91. The fraction of sp³-hybridized carbons (Fsp3) is 0.0714. The molecule has 0 spiro atoms. The Bertz CT molecular complexity index is 1780. The molecular weight excluding hydrogens is 594 g/mol. The third-order valence-corrected chi connectivity index (χ3v) is 7.72. The van der Waals surface area contributed by atoms with Crippen LogP contribution in [0.5, 0.6) is 17.2 Å². The van der Waals surface area contributed by atoms with Crippen LogP contribution in [0.4, 0.5) is 0 Å². The van der Waals surface area contributed by atoms with E-state index >= 15 is 0 Å². The molecule has 0 N–H and O–H groups in total. The molecule has 0 aliphatic rings. The van der Waals surface area contributed by atoms with Crippen LogP contribution in [0.25, 0.3) is 34.2 Å². The molecule has 6 nitrogen and oxygen atoms in total. The molecule has 7 rings (SSSR count). The van der Waals surface area contributed by atoms with Gasteiger partial charge in [0.2, 0.25) is 0 Å². The van der Waals surface area contributed by atoms with Gasteiger partial charge in [0.05, 0.1) is 0 Å². The predicted molar refractivity (Wildman–Crippen MR) is 188 cm³/mol. The lowest BCUT2D eigenvalue weighted by Crippen LogP contribution is -2.01. The Kier molecular flexibility index (Phi) is 9.42. The lowest BCUT2D eigenvalue weighted by atomic mass is 10.1. The standard InChI is InChI=1S/C42H33N3O3/c1-4-10-31(11-5-1)28-46-37-22-16-34(17-23-37)40-43-41(35-18-24-38(25-19-35)47-29-32-12-6-2-7-13-32)45-42(44-40)36-20-26-39(27-21-36)48-30-33-14-8-3-9-15-33/h1-27H,28-30H2. The van der Waals surface area contributed by atoms with Crippen molar-refractivity contribution in [1.82, 2.24) is 15.0 Å². The fourth-order valence-corrected chi connectivity index (χ4v) is 5.09. The molecule has 234 valence electrons. The molecule has 0 amide bonds. The molecule has 6 heteroatoms. The van der Waals surface area contributed by atoms with E-state index in [1.807, 2.05) is 164 Å². The van der Waals surface area contributed by atoms with Gasteiger partial charge < -0.3 is 14.2 Å². The van der Waals surface area contributed by atoms with E-state index in [-0.39, 0.29) is 0 Å². The highest BCUT2D eigenvalue weighted by atomic mass is 16.5. The van der Waals surface area contributed by atoms with Gasteiger partial charge in [-0.2, -0.15) is 0 Å². The van der Waals surface area contributed by atoms with Crippen molar-refractivity contribution in [2.24, 2.45) is 0 Å². The molecule has 6 aromatic carbocycles. The number of benzene rings is 6. The summed E-state index contributed by atoms with van der Waals surface area (Å²) in [7, 11) is 0. The largest absolute Gasteiger partial charge is 0.489 e. The molecule has 0 aliphatic carbocycles. The van der Waals surface area contributed by atoms with Gasteiger partial charge in [-0.1, -0.05) is 91.0 Å². The maximum absolute atomic E-state index is 6.01. The van der Waals surface area contributed by atoms with E-state index in [0.29, 0.717) is 37.3 Å². The first-order valence-electron chi connectivity index (χ1n) is 15.8. The minimum atomic E-state index is 0.496. The van der Waals surface area contributed by atoms with Crippen LogP contribution in [0.3, 0.4) is 0 Å². The lowest BCUT2D eigenvalue weighted by molar-refractivity contribution is 0.306. The van der Waals surface area contributed by atoms with Crippen molar-refractivity contribution in [3.05, 3.63) is 180 Å². The summed E-state index contributed by atoms with van der Waals surface area (Å²) in [5, 5.41) is 0. The average Bonchev–Trinajstić information content (AvgIpc) is 3.17. The highest BCUT2D eigenvalue weighted by Gasteiger charge is 2.13. The maximum atomic E-state index is 6.01. The summed E-state index contributed by atoms with van der Waals surface area (Å²) < 4.78 is 18.0. The van der Waals surface area contributed by atoms with E-state index in [1.54, 1.807) is 0 Å². The minimum Gasteiger partial charge on any atom is -0.489 e. The molecular formula is C42H33N3O3. The number of hydrogen-bond acceptors (Lipinski definition) is 6. The normalized spacial score (nSPS) is 10.8. The first-order chi connectivity index (χ1) is 23.7. The van der Waals surface area contributed by atoms with Crippen molar-refractivity contribution >= 4 is 0 Å². The minimum absolute atomic E-state index is 0.496. The van der Waals surface area contributed by atoms with Gasteiger partial charge in [0.1, 0.15) is 37.1 Å². The molecule has 0 saturated carbocycles. The van der Waals surface area contributed by atoms with Crippen molar-refractivity contribution in [1.29, 1.82) is 0 Å². The van der Waals surface area contributed by atoms with Crippen LogP contribution in [0, 0.1) is 0 Å². The van der Waals surface area contributed by atoms with Crippen LogP contribution < -0.4 is 14.2 Å². The van der Waals surface area contributed by atoms with E-state index in [0.717, 1.165) is 50.6 Å². The Morgan fingerprint density at radius 2 is 0.542 bits per heavy atom. The van der Waals surface area contributed by atoms with Gasteiger partial charge in [-0.25, -0.2) is 15.0 Å². The molecule has 0 bridgehead atoms. The molecule has 0 saturated heterocycles. The topological polar surface area (TPSA) is 66.4 Å². The second kappa shape index (κ2) is 14.9. The van der Waals surface area contributed by atoms with Crippen molar-refractivity contribution in [2.45, 2.75) is 19.8 Å². The lowest BCUT2D eigenvalue weighted by Gasteiger charge is -2.11. The van der Waals surface area contributed by atoms with Gasteiger partial charge in [-0.15, -0.1) is 0 Å². The van der Waals surface area contributed by atoms with Gasteiger partial charge in [0, 0.05) is 16.7 Å². The van der Waals surface area contributed by atoms with Gasteiger partial charge in [-0.05, 0) is 89.5 Å². The quantitative estimate of drug-likeness (QED) is 0.134. The smallest absolute Gasteiger partial charge is 0.164 e. The average molecular weight is 628 g/mol. The summed E-state index contributed by atoms with van der Waals surface area (Å²) in [6, 6.07) is 53.9. The van der Waals surface area contributed by atoms with E-state index in [4.69, 9.17) is 29.2 Å². The molecule has 0 unspecified atom stereocenters. The first-order valence-corrected chi connectivity index (χ1v) is 15.8. The third kappa shape index (κ3) is 7.92. The fourth-order valence-electron chi connectivity index (χ4n) is 5.09. The molecule has 7 aromatic rings. The zero-order valence-electron chi connectivity index (χ0n) is 26.3. The van der Waals surface area contributed by atoms with Crippen molar-refractivity contribution < 1.29 is 14.2 Å². The van der Waals surface area contributed by atoms with Crippen LogP contribution in [0.1, 0.15) is 16.7 Å². The van der Waals surface area contributed by atoms with Crippen LogP contribution in [0.15, 0.2) is 164 Å². The highest BCUT2D eigenvalue weighted by Crippen LogP contribution is 2.28. The highest BCUT2D eigenvalue weighted by molar-refractivity contribution is 5.67. The molecule has 1 aromatic heterocycles. The molecule has 48 heavy (non-hydrogen) atoms. The van der Waals surface area contributed by atoms with Crippen LogP contribution in [-0.2, 0) is 19.8 Å². The maximum Gasteiger partial charge on any atom is 0.164 e. The summed E-state index contributed by atoms with van der Waals surface area (Å²) in [6.07, 6.45) is 0. The van der Waals surface area contributed by atoms with E-state index < -0.39 is 0 Å². The van der Waals surface area contributed by atoms with Gasteiger partial charge in [0.15, 0.2) is 17.5 Å². The van der Waals surface area contributed by atoms with E-state index in [2.05, 4.69) is 0 Å². The Morgan fingerprint density at radius 1 is 0.292 bits per heavy atom. The second-order valence-electron chi connectivity index (χ2n) is 11.2. The van der Waals surface area contributed by atoms with Crippen molar-refractivity contribution in [2.75, 3.05) is 0 Å². The molecule has 0 atom stereocenters. The Morgan fingerprint density at radius 3 is 0.792 bits per heavy atom. The summed E-state index contributed by atoms with van der Waals surface area (Å²) in [4.78, 5) is 14.7. The SMILES string of the molecule is c1ccc(COc2ccc(-c3nc(-c4ccc(OCc5ccccc5)cc4)nc(-c4ccc(OCc5ccccc5)cc4)n3)cc2)cc1. The zero-order valence-corrected chi connectivity index (χ0v) is 26.3. The van der Waals surface area contributed by atoms with Crippen molar-refractivity contribution in [3.8, 4) is 51.4 Å². The number of nitrogens with zero attached hydrogens (tertiary/aromatic N) is 3. The zero-order chi connectivity index (χ0) is 32.4. The van der Waals surface area contributed by atoms with Gasteiger partial charge in [0.25, 0.3) is 0 Å². The predicted octanol–water partition coefficient (Wildman–Crippen LogP) is 9.61. The number of rotatable bonds is 12. The Labute approximate surface area is 280 Å². The van der Waals surface area contributed by atoms with Crippen LogP contribution in [0.2, 0.25) is 0 Å². The van der Waals surface area contributed by atoms with Gasteiger partial charge in [-0.3, -0.25) is 0 Å². The monoisotopic (exact) mass is 627 g/mol. The number of ether oxygens (including phenoxy) is 3. The number of hydrogen-bond donors (Lipinski definition) is 0. The summed E-state index contributed by atoms with van der Waals surface area (Å²) in [5.74, 6) is 4.02. The van der Waals surface area contributed by atoms with E-state index in [1.165, 1.54) is 0 Å². The van der Waals surface area contributed by atoms with E-state index in [9.17, 15) is 0 Å². The molecule has 1 heterocycles. The Balaban J connectivity index is 1.14. The Hall–Kier alpha value is -6.27. The summed E-state index contributed by atoms with van der Waals surface area (Å²) in [6.45, 7) is 1.49. The van der Waals surface area contributed by atoms with Crippen molar-refractivity contribution in [3.63, 3.8) is 0 Å². The molecule has 0 aliphatic heterocycles. The number of aromatic nitrogens is 3.